The van der Waals surface area contributed by atoms with Gasteiger partial charge in [0.2, 0.25) is 5.91 Å². The number of aromatic nitrogens is 3. The molecule has 0 saturated carbocycles. The Morgan fingerprint density at radius 1 is 1.07 bits per heavy atom. The van der Waals surface area contributed by atoms with Gasteiger partial charge < -0.3 is 29.7 Å². The molecule has 11 nitrogen and oxygen atoms in total. The van der Waals surface area contributed by atoms with Crippen molar-refractivity contribution in [3.63, 3.8) is 0 Å². The summed E-state index contributed by atoms with van der Waals surface area (Å²) in [6.45, 7) is 15.7. The van der Waals surface area contributed by atoms with Gasteiger partial charge >= 0.3 is 0 Å². The number of hydrogen-bond donors (Lipinski definition) is 2. The number of aryl methyl sites for hydroxylation is 1. The summed E-state index contributed by atoms with van der Waals surface area (Å²) in [6, 6.07) is 24.3. The van der Waals surface area contributed by atoms with E-state index in [1.807, 2.05) is 75.3 Å². The molecule has 3 aliphatic heterocycles. The van der Waals surface area contributed by atoms with E-state index in [-0.39, 0.29) is 48.4 Å². The number of fused-ring (bicyclic) bond motifs is 2. The van der Waals surface area contributed by atoms with Crippen molar-refractivity contribution >= 4 is 36.4 Å². The number of anilines is 2. The Balaban J connectivity index is 1.28. The first-order valence-electron chi connectivity index (χ1n) is 21.0. The topological polar surface area (TPSA) is 122 Å². The van der Waals surface area contributed by atoms with E-state index < -0.39 is 13.7 Å². The fraction of sp³-hybridized carbons (Fsp3) is 0.447. The van der Waals surface area contributed by atoms with Crippen LogP contribution in [0.5, 0.6) is 5.75 Å². The van der Waals surface area contributed by atoms with Crippen LogP contribution in [0.15, 0.2) is 102 Å². The number of carbonyl (C=O) groups is 2. The highest BCUT2D eigenvalue weighted by Crippen LogP contribution is 2.60. The number of rotatable bonds is 15. The molecule has 0 aliphatic carbocycles. The molecule has 2 fully saturated rings. The third kappa shape index (κ3) is 8.33. The van der Waals surface area contributed by atoms with Crippen LogP contribution >= 0.6 is 0 Å². The summed E-state index contributed by atoms with van der Waals surface area (Å²) in [5.41, 5.74) is 5.42. The molecule has 59 heavy (non-hydrogen) atoms. The lowest BCUT2D eigenvalue weighted by molar-refractivity contribution is -0.145. The minimum Gasteiger partial charge on any atom is -0.497 e. The van der Waals surface area contributed by atoms with E-state index in [9.17, 15) is 9.90 Å². The van der Waals surface area contributed by atoms with Gasteiger partial charge in [-0.05, 0) is 81.5 Å². The third-order valence-electron chi connectivity index (χ3n) is 12.9. The van der Waals surface area contributed by atoms with E-state index in [0.717, 1.165) is 41.1 Å². The van der Waals surface area contributed by atoms with Crippen molar-refractivity contribution in [1.82, 2.24) is 20.3 Å². The second-order valence-corrected chi connectivity index (χ2v) is 21.9. The maximum Gasteiger partial charge on any atom is 0.264 e. The van der Waals surface area contributed by atoms with Gasteiger partial charge in [-0.1, -0.05) is 96.2 Å². The predicted octanol–water partition coefficient (Wildman–Crippen LogP) is 6.69. The molecule has 5 atom stereocenters. The average molecular weight is 817 g/mol. The zero-order valence-corrected chi connectivity index (χ0v) is 36.6. The third-order valence-corrected chi connectivity index (χ3v) is 17.2. The number of benzene rings is 3. The summed E-state index contributed by atoms with van der Waals surface area (Å²) < 4.78 is 14.8. The number of piperazine rings is 1. The van der Waals surface area contributed by atoms with Gasteiger partial charge in [0, 0.05) is 49.5 Å². The number of hydrogen-bond acceptors (Lipinski definition) is 8. The molecule has 4 heterocycles. The van der Waals surface area contributed by atoms with Crippen molar-refractivity contribution in [3.05, 3.63) is 119 Å². The molecule has 1 unspecified atom stereocenters. The molecule has 12 heteroatoms. The second-order valence-electron chi connectivity index (χ2n) is 17.2. The lowest BCUT2D eigenvalue weighted by atomic mass is 9.82. The number of methoxy groups -OCH3 is 1. The summed E-state index contributed by atoms with van der Waals surface area (Å²) in [5, 5.41) is 23.8. The Labute approximate surface area is 350 Å². The van der Waals surface area contributed by atoms with Gasteiger partial charge in [0.15, 0.2) is 5.60 Å². The highest BCUT2D eigenvalue weighted by Gasteiger charge is 2.66. The molecule has 0 radical (unpaired) electrons. The summed E-state index contributed by atoms with van der Waals surface area (Å²) in [7, 11) is -0.733. The molecule has 0 bridgehead atoms. The second kappa shape index (κ2) is 17.8. The Kier molecular flexibility index (Phi) is 12.7. The molecule has 312 valence electrons. The Hall–Kier alpha value is -4.88. The molecule has 3 aliphatic rings. The monoisotopic (exact) mass is 816 g/mol. The van der Waals surface area contributed by atoms with Crippen molar-refractivity contribution in [3.8, 4) is 5.75 Å². The van der Waals surface area contributed by atoms with Crippen molar-refractivity contribution < 1.29 is 24.2 Å². The van der Waals surface area contributed by atoms with Crippen LogP contribution in [-0.2, 0) is 26.5 Å². The van der Waals surface area contributed by atoms with Crippen LogP contribution in [0.25, 0.3) is 0 Å². The summed E-state index contributed by atoms with van der Waals surface area (Å²) in [4.78, 5) is 32.4. The number of nitrogens with zero attached hydrogens (tertiary/aromatic N) is 5. The molecule has 1 aromatic heterocycles. The number of aliphatic hydroxyl groups excluding tert-OH is 1. The molecule has 2 saturated heterocycles. The maximum atomic E-state index is 15.4. The standard InChI is InChI=1S/C47H60N6O5Si/c1-32(2)12-11-13-33(3)22-26-53-42-21-16-36(52-27-24-48-29-44(52)55)28-40(42)47(46(53)56)34(4)45(59(6,7)38-19-17-37(57-5)18-20-38)43(58-47)23-25-51-30-41(49-50-51)39(31-54)35-14-9-8-10-15-35/h8-10,12,14-22,28,30,34,39,43,45,48,54H,11,13,23-27,29,31H2,1-7H3/b33-22+/t34-,39?,43+,45-,47+/m1/s1. The average Bonchev–Trinajstić information content (AvgIpc) is 3.89. The number of carbonyl (C=O) groups excluding carboxylic acids is 2. The minimum absolute atomic E-state index is 0.00782. The summed E-state index contributed by atoms with van der Waals surface area (Å²) >= 11 is 0. The van der Waals surface area contributed by atoms with Crippen molar-refractivity contribution in [2.75, 3.05) is 49.7 Å². The fourth-order valence-corrected chi connectivity index (χ4v) is 13.7. The smallest absolute Gasteiger partial charge is 0.264 e. The van der Waals surface area contributed by atoms with Gasteiger partial charge in [-0.2, -0.15) is 0 Å². The highest BCUT2D eigenvalue weighted by atomic mass is 28.3. The number of amides is 2. The number of allylic oxidation sites excluding steroid dienone is 3. The van der Waals surface area contributed by atoms with Gasteiger partial charge in [-0.15, -0.1) is 5.10 Å². The van der Waals surface area contributed by atoms with Crippen LogP contribution in [-0.4, -0.2) is 86.0 Å². The maximum absolute atomic E-state index is 15.4. The molecular formula is C47H60N6O5Si. The van der Waals surface area contributed by atoms with E-state index in [1.165, 1.54) is 16.3 Å². The lowest BCUT2D eigenvalue weighted by Gasteiger charge is -2.37. The van der Waals surface area contributed by atoms with Gasteiger partial charge in [0.05, 0.1) is 51.7 Å². The Morgan fingerprint density at radius 2 is 1.83 bits per heavy atom. The van der Waals surface area contributed by atoms with E-state index in [1.54, 1.807) is 7.11 Å². The lowest BCUT2D eigenvalue weighted by Crippen LogP contribution is -2.52. The first-order chi connectivity index (χ1) is 28.4. The Bertz CT molecular complexity index is 2180. The predicted molar refractivity (Wildman–Crippen MR) is 236 cm³/mol. The van der Waals surface area contributed by atoms with Crippen molar-refractivity contribution in [2.45, 2.75) is 89.8 Å². The molecule has 2 N–H and O–H groups in total. The minimum atomic E-state index is -2.41. The van der Waals surface area contributed by atoms with Crippen molar-refractivity contribution in [2.24, 2.45) is 5.92 Å². The first-order valence-corrected chi connectivity index (χ1v) is 24.1. The zero-order chi connectivity index (χ0) is 41.9. The van der Waals surface area contributed by atoms with E-state index in [2.05, 4.69) is 86.8 Å². The van der Waals surface area contributed by atoms with Gasteiger partial charge in [0.25, 0.3) is 5.91 Å². The van der Waals surface area contributed by atoms with Crippen LogP contribution in [0, 0.1) is 5.92 Å². The first kappa shape index (κ1) is 42.2. The van der Waals surface area contributed by atoms with Crippen LogP contribution in [0.2, 0.25) is 18.6 Å². The van der Waals surface area contributed by atoms with Gasteiger partial charge in [0.1, 0.15) is 5.75 Å². The van der Waals surface area contributed by atoms with E-state index >= 15 is 4.79 Å². The van der Waals surface area contributed by atoms with Crippen LogP contribution in [0.4, 0.5) is 11.4 Å². The van der Waals surface area contributed by atoms with Crippen LogP contribution < -0.4 is 25.0 Å². The zero-order valence-electron chi connectivity index (χ0n) is 35.6. The molecule has 3 aromatic carbocycles. The number of aliphatic hydroxyl groups is 1. The van der Waals surface area contributed by atoms with Gasteiger partial charge in [-0.3, -0.25) is 14.3 Å². The molecule has 2 amide bonds. The molecule has 7 rings (SSSR count). The Morgan fingerprint density at radius 3 is 2.53 bits per heavy atom. The van der Waals surface area contributed by atoms with E-state index in [0.29, 0.717) is 38.3 Å². The van der Waals surface area contributed by atoms with Gasteiger partial charge in [-0.25, -0.2) is 0 Å². The summed E-state index contributed by atoms with van der Waals surface area (Å²) in [5.74, 6) is 0.266. The molecule has 4 aromatic rings. The van der Waals surface area contributed by atoms with Crippen molar-refractivity contribution in [1.29, 1.82) is 0 Å². The summed E-state index contributed by atoms with van der Waals surface area (Å²) in [6.07, 6.45) is 8.52. The van der Waals surface area contributed by atoms with Crippen LogP contribution in [0.3, 0.4) is 0 Å². The molecular weight excluding hydrogens is 757 g/mol. The number of ether oxygens (including phenoxy) is 2. The quantitative estimate of drug-likeness (QED) is 0.101. The molecule has 1 spiro atoms. The normalized spacial score (nSPS) is 22.6. The highest BCUT2D eigenvalue weighted by molar-refractivity contribution is 6.91. The van der Waals surface area contributed by atoms with Crippen LogP contribution in [0.1, 0.15) is 69.7 Å². The fourth-order valence-electron chi connectivity index (χ4n) is 9.63. The SMILES string of the molecule is COc1ccc([Si](C)(C)[C@H]2[C@H](CCn3cc(C(CO)c4ccccc4)nn3)O[C@@]3(C(=O)N(C/C=C(\C)CCC=C(C)C)c4ccc(N5CCNCC5=O)cc43)[C@@H]2C)cc1. The van der Waals surface area contributed by atoms with E-state index in [4.69, 9.17) is 9.47 Å². The number of nitrogens with one attached hydrogen (secondary N) is 1. The largest absolute Gasteiger partial charge is 0.497 e.